The maximum absolute atomic E-state index is 11.2. The van der Waals surface area contributed by atoms with Gasteiger partial charge in [0.15, 0.2) is 0 Å². The number of nitrogens with one attached hydrogen (secondary N) is 1. The normalized spacial score (nSPS) is 11.4. The van der Waals surface area contributed by atoms with E-state index in [0.717, 1.165) is 12.8 Å². The molecule has 0 unspecified atom stereocenters. The first kappa shape index (κ1) is 15.8. The predicted molar refractivity (Wildman–Crippen MR) is 77.0 cm³/mol. The van der Waals surface area contributed by atoms with Crippen LogP contribution in [0, 0.1) is 5.41 Å². The fourth-order valence-corrected chi connectivity index (χ4v) is 2.21. The number of aliphatic hydroxyl groups is 1. The molecule has 0 radical (unpaired) electrons. The van der Waals surface area contributed by atoms with Crippen molar-refractivity contribution < 1.29 is 15.0 Å². The lowest BCUT2D eigenvalue weighted by atomic mass is 9.83. The van der Waals surface area contributed by atoms with Crippen molar-refractivity contribution >= 4 is 23.3 Å². The Morgan fingerprint density at radius 2 is 2.00 bits per heavy atom. The van der Waals surface area contributed by atoms with Gasteiger partial charge in [0.2, 0.25) is 0 Å². The molecule has 0 aliphatic heterocycles. The number of benzene rings is 1. The average Bonchev–Trinajstić information content (AvgIpc) is 2.40. The first-order valence-corrected chi connectivity index (χ1v) is 6.74. The molecule has 0 spiro atoms. The fourth-order valence-electron chi connectivity index (χ4n) is 1.95. The summed E-state index contributed by atoms with van der Waals surface area (Å²) in [7, 11) is 0. The first-order valence-electron chi connectivity index (χ1n) is 6.36. The molecule has 4 nitrogen and oxygen atoms in total. The summed E-state index contributed by atoms with van der Waals surface area (Å²) in [5.41, 5.74) is 0.320. The molecule has 19 heavy (non-hydrogen) atoms. The second-order valence-corrected chi connectivity index (χ2v) is 5.09. The van der Waals surface area contributed by atoms with Crippen molar-refractivity contribution in [1.82, 2.24) is 0 Å². The molecule has 0 aliphatic rings. The second-order valence-electron chi connectivity index (χ2n) is 4.69. The standard InChI is InChI=1S/C14H20ClNO3/c1-3-14(4-2,9-17)8-16-11-7-5-6-10(15)12(11)13(18)19/h5-7,16-17H,3-4,8-9H2,1-2H3,(H,18,19). The Morgan fingerprint density at radius 1 is 1.37 bits per heavy atom. The van der Waals surface area contributed by atoms with Crippen molar-refractivity contribution in [3.63, 3.8) is 0 Å². The zero-order valence-electron chi connectivity index (χ0n) is 11.2. The molecule has 106 valence electrons. The van der Waals surface area contributed by atoms with Crippen molar-refractivity contribution in [2.45, 2.75) is 26.7 Å². The SMILES string of the molecule is CCC(CC)(CO)CNc1cccc(Cl)c1C(=O)O. The number of aromatic carboxylic acids is 1. The Morgan fingerprint density at radius 3 is 2.47 bits per heavy atom. The summed E-state index contributed by atoms with van der Waals surface area (Å²) in [4.78, 5) is 11.2. The van der Waals surface area contributed by atoms with Gasteiger partial charge in [-0.3, -0.25) is 0 Å². The van der Waals surface area contributed by atoms with Crippen LogP contribution in [0.1, 0.15) is 37.0 Å². The molecule has 1 aromatic carbocycles. The Kier molecular flexibility index (Phi) is 5.63. The largest absolute Gasteiger partial charge is 0.478 e. The quantitative estimate of drug-likeness (QED) is 0.719. The van der Waals surface area contributed by atoms with E-state index in [1.165, 1.54) is 0 Å². The molecule has 0 atom stereocenters. The minimum atomic E-state index is -1.06. The highest BCUT2D eigenvalue weighted by atomic mass is 35.5. The van der Waals surface area contributed by atoms with E-state index in [1.807, 2.05) is 13.8 Å². The molecule has 0 aromatic heterocycles. The molecular weight excluding hydrogens is 266 g/mol. The molecule has 1 aromatic rings. The third kappa shape index (κ3) is 3.61. The molecule has 0 aliphatic carbocycles. The summed E-state index contributed by atoms with van der Waals surface area (Å²) in [5, 5.41) is 22.0. The zero-order chi connectivity index (χ0) is 14.5. The van der Waals surface area contributed by atoms with Gasteiger partial charge in [-0.1, -0.05) is 31.5 Å². The van der Waals surface area contributed by atoms with E-state index in [0.29, 0.717) is 12.2 Å². The van der Waals surface area contributed by atoms with Crippen molar-refractivity contribution in [1.29, 1.82) is 0 Å². The number of anilines is 1. The number of hydrogen-bond donors (Lipinski definition) is 3. The first-order chi connectivity index (χ1) is 8.99. The summed E-state index contributed by atoms with van der Waals surface area (Å²) in [5.74, 6) is -1.06. The van der Waals surface area contributed by atoms with Gasteiger partial charge in [-0.15, -0.1) is 0 Å². The van der Waals surface area contributed by atoms with Crippen LogP contribution in [0.5, 0.6) is 0 Å². The molecule has 0 saturated carbocycles. The Balaban J connectivity index is 2.95. The van der Waals surface area contributed by atoms with Gasteiger partial charge < -0.3 is 15.5 Å². The van der Waals surface area contributed by atoms with Crippen LogP contribution >= 0.6 is 11.6 Å². The summed E-state index contributed by atoms with van der Waals surface area (Å²) in [6.07, 6.45) is 1.63. The fraction of sp³-hybridized carbons (Fsp3) is 0.500. The summed E-state index contributed by atoms with van der Waals surface area (Å²) in [6, 6.07) is 4.94. The van der Waals surface area contributed by atoms with Crippen LogP contribution in [0.15, 0.2) is 18.2 Å². The number of aliphatic hydroxyl groups excluding tert-OH is 1. The predicted octanol–water partition coefficient (Wildman–Crippen LogP) is 3.25. The van der Waals surface area contributed by atoms with E-state index in [1.54, 1.807) is 18.2 Å². The van der Waals surface area contributed by atoms with E-state index < -0.39 is 5.97 Å². The van der Waals surface area contributed by atoms with Crippen LogP contribution < -0.4 is 5.32 Å². The van der Waals surface area contributed by atoms with E-state index in [4.69, 9.17) is 11.6 Å². The van der Waals surface area contributed by atoms with E-state index in [2.05, 4.69) is 5.32 Å². The van der Waals surface area contributed by atoms with Crippen molar-refractivity contribution in [3.05, 3.63) is 28.8 Å². The third-order valence-corrected chi connectivity index (χ3v) is 4.03. The lowest BCUT2D eigenvalue weighted by Gasteiger charge is -2.30. The Labute approximate surface area is 118 Å². The topological polar surface area (TPSA) is 69.6 Å². The Hall–Kier alpha value is -1.26. The average molecular weight is 286 g/mol. The van der Waals surface area contributed by atoms with Crippen LogP contribution in [-0.4, -0.2) is 29.3 Å². The lowest BCUT2D eigenvalue weighted by Crippen LogP contribution is -2.32. The highest BCUT2D eigenvalue weighted by Gasteiger charge is 2.26. The number of carboxylic acid groups (broad SMARTS) is 1. The van der Waals surface area contributed by atoms with Gasteiger partial charge in [-0.05, 0) is 25.0 Å². The molecule has 0 bridgehead atoms. The third-order valence-electron chi connectivity index (χ3n) is 3.72. The highest BCUT2D eigenvalue weighted by molar-refractivity contribution is 6.34. The Bertz CT molecular complexity index is 436. The molecule has 0 saturated heterocycles. The van der Waals surface area contributed by atoms with Gasteiger partial charge in [-0.2, -0.15) is 0 Å². The molecule has 5 heteroatoms. The van der Waals surface area contributed by atoms with Gasteiger partial charge in [0.25, 0.3) is 0 Å². The second kappa shape index (κ2) is 6.78. The van der Waals surface area contributed by atoms with Gasteiger partial charge >= 0.3 is 5.97 Å². The van der Waals surface area contributed by atoms with Crippen LogP contribution in [0.4, 0.5) is 5.69 Å². The zero-order valence-corrected chi connectivity index (χ0v) is 12.0. The van der Waals surface area contributed by atoms with Crippen LogP contribution in [0.3, 0.4) is 0 Å². The summed E-state index contributed by atoms with van der Waals surface area (Å²) >= 11 is 5.91. The van der Waals surface area contributed by atoms with E-state index in [-0.39, 0.29) is 22.6 Å². The molecule has 3 N–H and O–H groups in total. The van der Waals surface area contributed by atoms with Gasteiger partial charge in [-0.25, -0.2) is 4.79 Å². The molecule has 1 rings (SSSR count). The maximum atomic E-state index is 11.2. The number of carbonyl (C=O) groups is 1. The smallest absolute Gasteiger partial charge is 0.339 e. The summed E-state index contributed by atoms with van der Waals surface area (Å²) in [6.45, 7) is 4.60. The minimum absolute atomic E-state index is 0.0654. The maximum Gasteiger partial charge on any atom is 0.339 e. The number of hydrogen-bond acceptors (Lipinski definition) is 3. The molecule has 0 fully saturated rings. The molecular formula is C14H20ClNO3. The lowest BCUT2D eigenvalue weighted by molar-refractivity contribution is 0.0698. The van der Waals surface area contributed by atoms with E-state index >= 15 is 0 Å². The minimum Gasteiger partial charge on any atom is -0.478 e. The van der Waals surface area contributed by atoms with Crippen molar-refractivity contribution in [2.75, 3.05) is 18.5 Å². The van der Waals surface area contributed by atoms with Crippen LogP contribution in [0.25, 0.3) is 0 Å². The van der Waals surface area contributed by atoms with Gasteiger partial charge in [0, 0.05) is 12.0 Å². The highest BCUT2D eigenvalue weighted by Crippen LogP contribution is 2.29. The number of rotatable bonds is 7. The van der Waals surface area contributed by atoms with E-state index in [9.17, 15) is 15.0 Å². The van der Waals surface area contributed by atoms with Crippen molar-refractivity contribution in [2.24, 2.45) is 5.41 Å². The van der Waals surface area contributed by atoms with Gasteiger partial charge in [0.05, 0.1) is 17.3 Å². The van der Waals surface area contributed by atoms with Gasteiger partial charge in [0.1, 0.15) is 5.56 Å². The molecule has 0 amide bonds. The monoisotopic (exact) mass is 285 g/mol. The number of halogens is 1. The van der Waals surface area contributed by atoms with Crippen LogP contribution in [0.2, 0.25) is 5.02 Å². The molecule has 0 heterocycles. The number of carboxylic acids is 1. The summed E-state index contributed by atoms with van der Waals surface area (Å²) < 4.78 is 0. The van der Waals surface area contributed by atoms with Crippen LogP contribution in [-0.2, 0) is 0 Å². The van der Waals surface area contributed by atoms with Crippen molar-refractivity contribution in [3.8, 4) is 0 Å².